The van der Waals surface area contributed by atoms with E-state index in [9.17, 15) is 0 Å². The van der Waals surface area contributed by atoms with Gasteiger partial charge in [-0.05, 0) is 31.9 Å². The molecule has 19 heavy (non-hydrogen) atoms. The van der Waals surface area contributed by atoms with Crippen LogP contribution in [0.4, 0.5) is 5.82 Å². The van der Waals surface area contributed by atoms with Crippen LogP contribution in [0, 0.1) is 0 Å². The molecule has 1 saturated carbocycles. The number of anilines is 1. The van der Waals surface area contributed by atoms with E-state index in [0.29, 0.717) is 5.92 Å². The Bertz CT molecular complexity index is 599. The number of rotatable bonds is 4. The zero-order valence-corrected chi connectivity index (χ0v) is 11.4. The molecule has 3 rings (SSSR count). The molecular weight excluding hydrogens is 238 g/mol. The summed E-state index contributed by atoms with van der Waals surface area (Å²) in [6, 6.07) is 7.90. The summed E-state index contributed by atoms with van der Waals surface area (Å²) in [5.41, 5.74) is 8.16. The Kier molecular flexibility index (Phi) is 2.93. The largest absolute Gasteiger partial charge is 0.497 e. The molecule has 0 aliphatic heterocycles. The van der Waals surface area contributed by atoms with Crippen molar-refractivity contribution >= 4 is 5.82 Å². The van der Waals surface area contributed by atoms with Crippen LogP contribution in [0.5, 0.6) is 5.75 Å². The van der Waals surface area contributed by atoms with Crippen molar-refractivity contribution in [1.29, 1.82) is 0 Å². The van der Waals surface area contributed by atoms with Gasteiger partial charge < -0.3 is 15.0 Å². The topological polar surface area (TPSA) is 53.1 Å². The van der Waals surface area contributed by atoms with Crippen molar-refractivity contribution in [3.8, 4) is 17.0 Å². The van der Waals surface area contributed by atoms with Gasteiger partial charge in [-0.2, -0.15) is 0 Å². The molecule has 0 amide bonds. The Morgan fingerprint density at radius 2 is 2.21 bits per heavy atom. The van der Waals surface area contributed by atoms with Crippen LogP contribution in [0.1, 0.15) is 31.5 Å². The molecule has 4 heteroatoms. The SMILES string of the molecule is CCn1c(C2CC2)nc(-c2cccc(OC)c2)c1N. The van der Waals surface area contributed by atoms with E-state index in [1.165, 1.54) is 12.8 Å². The first-order chi connectivity index (χ1) is 9.24. The Hall–Kier alpha value is -1.97. The van der Waals surface area contributed by atoms with Crippen LogP contribution in [0.25, 0.3) is 11.3 Å². The number of methoxy groups -OCH3 is 1. The molecule has 1 heterocycles. The molecule has 0 radical (unpaired) electrons. The molecule has 1 aromatic heterocycles. The highest BCUT2D eigenvalue weighted by Gasteiger charge is 2.30. The highest BCUT2D eigenvalue weighted by molar-refractivity contribution is 5.72. The zero-order chi connectivity index (χ0) is 13.4. The van der Waals surface area contributed by atoms with Crippen molar-refractivity contribution in [2.45, 2.75) is 32.2 Å². The minimum Gasteiger partial charge on any atom is -0.497 e. The summed E-state index contributed by atoms with van der Waals surface area (Å²) in [5, 5.41) is 0. The van der Waals surface area contributed by atoms with Gasteiger partial charge >= 0.3 is 0 Å². The average Bonchev–Trinajstić information content (AvgIpc) is 3.23. The summed E-state index contributed by atoms with van der Waals surface area (Å²) in [6.07, 6.45) is 2.46. The van der Waals surface area contributed by atoms with E-state index in [1.807, 2.05) is 24.3 Å². The Balaban J connectivity index is 2.08. The van der Waals surface area contributed by atoms with Crippen LogP contribution in [0.3, 0.4) is 0 Å². The van der Waals surface area contributed by atoms with Gasteiger partial charge in [-0.3, -0.25) is 0 Å². The number of imidazole rings is 1. The molecule has 1 aliphatic carbocycles. The lowest BCUT2D eigenvalue weighted by Gasteiger charge is -2.05. The molecule has 2 aromatic rings. The first-order valence-electron chi connectivity index (χ1n) is 6.75. The third kappa shape index (κ3) is 2.07. The molecule has 2 N–H and O–H groups in total. The smallest absolute Gasteiger partial charge is 0.131 e. The van der Waals surface area contributed by atoms with E-state index in [1.54, 1.807) is 7.11 Å². The maximum atomic E-state index is 6.26. The fraction of sp³-hybridized carbons (Fsp3) is 0.400. The first kappa shape index (κ1) is 12.1. The number of nitrogen functional groups attached to an aromatic ring is 1. The summed E-state index contributed by atoms with van der Waals surface area (Å²) in [7, 11) is 1.67. The van der Waals surface area contributed by atoms with Gasteiger partial charge in [0.25, 0.3) is 0 Å². The predicted octanol–water partition coefficient (Wildman–Crippen LogP) is 3.04. The molecule has 4 nitrogen and oxygen atoms in total. The van der Waals surface area contributed by atoms with Crippen molar-refractivity contribution in [2.75, 3.05) is 12.8 Å². The van der Waals surface area contributed by atoms with Crippen LogP contribution < -0.4 is 10.5 Å². The van der Waals surface area contributed by atoms with E-state index in [0.717, 1.165) is 35.2 Å². The maximum absolute atomic E-state index is 6.26. The van der Waals surface area contributed by atoms with Gasteiger partial charge in [-0.1, -0.05) is 12.1 Å². The molecule has 0 unspecified atom stereocenters. The molecular formula is C15H19N3O. The van der Waals surface area contributed by atoms with Crippen molar-refractivity contribution < 1.29 is 4.74 Å². The summed E-state index contributed by atoms with van der Waals surface area (Å²) >= 11 is 0. The van der Waals surface area contributed by atoms with Crippen molar-refractivity contribution in [2.24, 2.45) is 0 Å². The second-order valence-corrected chi connectivity index (χ2v) is 4.95. The highest BCUT2D eigenvalue weighted by atomic mass is 16.5. The number of hydrogen-bond donors (Lipinski definition) is 1. The second-order valence-electron chi connectivity index (χ2n) is 4.95. The van der Waals surface area contributed by atoms with Crippen molar-refractivity contribution in [1.82, 2.24) is 9.55 Å². The summed E-state index contributed by atoms with van der Waals surface area (Å²) in [5.74, 6) is 3.33. The highest BCUT2D eigenvalue weighted by Crippen LogP contribution is 2.42. The van der Waals surface area contributed by atoms with E-state index in [2.05, 4.69) is 11.5 Å². The summed E-state index contributed by atoms with van der Waals surface area (Å²) < 4.78 is 7.40. The van der Waals surface area contributed by atoms with Gasteiger partial charge in [-0.15, -0.1) is 0 Å². The van der Waals surface area contributed by atoms with Gasteiger partial charge in [-0.25, -0.2) is 4.98 Å². The number of benzene rings is 1. The fourth-order valence-corrected chi connectivity index (χ4v) is 2.45. The molecule has 0 atom stereocenters. The third-order valence-electron chi connectivity index (χ3n) is 3.64. The van der Waals surface area contributed by atoms with Crippen LogP contribution in [0.15, 0.2) is 24.3 Å². The predicted molar refractivity (Wildman–Crippen MR) is 76.3 cm³/mol. The van der Waals surface area contributed by atoms with E-state index < -0.39 is 0 Å². The molecule has 1 fully saturated rings. The van der Waals surface area contributed by atoms with Gasteiger partial charge in [0.15, 0.2) is 0 Å². The third-order valence-corrected chi connectivity index (χ3v) is 3.64. The van der Waals surface area contributed by atoms with Gasteiger partial charge in [0.05, 0.1) is 7.11 Å². The maximum Gasteiger partial charge on any atom is 0.131 e. The van der Waals surface area contributed by atoms with Gasteiger partial charge in [0.2, 0.25) is 0 Å². The zero-order valence-electron chi connectivity index (χ0n) is 11.4. The van der Waals surface area contributed by atoms with Gasteiger partial charge in [0, 0.05) is 18.0 Å². The lowest BCUT2D eigenvalue weighted by molar-refractivity contribution is 0.415. The van der Waals surface area contributed by atoms with Crippen LogP contribution >= 0.6 is 0 Å². The lowest BCUT2D eigenvalue weighted by atomic mass is 10.1. The van der Waals surface area contributed by atoms with E-state index in [-0.39, 0.29) is 0 Å². The van der Waals surface area contributed by atoms with E-state index >= 15 is 0 Å². The minimum absolute atomic E-state index is 0.599. The normalized spacial score (nSPS) is 14.6. The quantitative estimate of drug-likeness (QED) is 0.916. The van der Waals surface area contributed by atoms with Crippen molar-refractivity contribution in [3.05, 3.63) is 30.1 Å². The van der Waals surface area contributed by atoms with Gasteiger partial charge in [0.1, 0.15) is 23.1 Å². The number of nitrogens with zero attached hydrogens (tertiary/aromatic N) is 2. The fourth-order valence-electron chi connectivity index (χ4n) is 2.45. The number of nitrogens with two attached hydrogens (primary N) is 1. The molecule has 100 valence electrons. The van der Waals surface area contributed by atoms with Crippen LogP contribution in [-0.2, 0) is 6.54 Å². The minimum atomic E-state index is 0.599. The lowest BCUT2D eigenvalue weighted by Crippen LogP contribution is -2.04. The monoisotopic (exact) mass is 257 g/mol. The molecule has 1 aromatic carbocycles. The summed E-state index contributed by atoms with van der Waals surface area (Å²) in [6.45, 7) is 2.98. The number of ether oxygens (including phenoxy) is 1. The standard InChI is InChI=1S/C15H19N3O/c1-3-18-14(16)13(17-15(18)10-7-8-10)11-5-4-6-12(9-11)19-2/h4-6,9-10H,3,7-8,16H2,1-2H3. The molecule has 0 bridgehead atoms. The second kappa shape index (κ2) is 4.61. The Labute approximate surface area is 113 Å². The molecule has 1 aliphatic rings. The average molecular weight is 257 g/mol. The van der Waals surface area contributed by atoms with Crippen molar-refractivity contribution in [3.63, 3.8) is 0 Å². The van der Waals surface area contributed by atoms with Crippen LogP contribution in [-0.4, -0.2) is 16.7 Å². The molecule has 0 saturated heterocycles. The van der Waals surface area contributed by atoms with Crippen LogP contribution in [0.2, 0.25) is 0 Å². The number of aromatic nitrogens is 2. The Morgan fingerprint density at radius 1 is 1.42 bits per heavy atom. The summed E-state index contributed by atoms with van der Waals surface area (Å²) in [4.78, 5) is 4.77. The number of hydrogen-bond acceptors (Lipinski definition) is 3. The van der Waals surface area contributed by atoms with E-state index in [4.69, 9.17) is 15.5 Å². The first-order valence-corrected chi connectivity index (χ1v) is 6.75. The molecule has 0 spiro atoms. The Morgan fingerprint density at radius 3 is 2.84 bits per heavy atom.